The lowest BCUT2D eigenvalue weighted by Crippen LogP contribution is -2.47. The molecule has 1 aliphatic rings. The topological polar surface area (TPSA) is 78.1 Å². The number of nitrogens with zero attached hydrogens (tertiary/aromatic N) is 2. The van der Waals surface area contributed by atoms with E-state index in [-0.39, 0.29) is 11.2 Å². The number of hydrogen-bond acceptors (Lipinski definition) is 6. The Morgan fingerprint density at radius 1 is 1.58 bits per heavy atom. The van der Waals surface area contributed by atoms with E-state index in [1.807, 2.05) is 6.92 Å². The fourth-order valence-corrected chi connectivity index (χ4v) is 3.32. The van der Waals surface area contributed by atoms with Crippen molar-refractivity contribution in [1.29, 1.82) is 0 Å². The predicted molar refractivity (Wildman–Crippen MR) is 73.8 cm³/mol. The number of aromatic nitrogens is 2. The van der Waals surface area contributed by atoms with E-state index < -0.39 is 5.54 Å². The Morgan fingerprint density at radius 2 is 2.26 bits per heavy atom. The summed E-state index contributed by atoms with van der Waals surface area (Å²) in [7, 11) is 0. The number of thioether (sulfide) groups is 1. The molecule has 1 aromatic heterocycles. The molecule has 19 heavy (non-hydrogen) atoms. The van der Waals surface area contributed by atoms with Crippen LogP contribution in [0.2, 0.25) is 0 Å². The lowest BCUT2D eigenvalue weighted by Gasteiger charge is -2.21. The first-order valence-electron chi connectivity index (χ1n) is 6.45. The molecule has 2 rings (SSSR count). The van der Waals surface area contributed by atoms with Gasteiger partial charge in [-0.1, -0.05) is 11.8 Å². The van der Waals surface area contributed by atoms with Gasteiger partial charge in [0.1, 0.15) is 5.54 Å². The Labute approximate surface area is 117 Å². The first-order chi connectivity index (χ1) is 9.03. The highest BCUT2D eigenvalue weighted by atomic mass is 32.2. The van der Waals surface area contributed by atoms with Gasteiger partial charge in [-0.25, -0.2) is 9.97 Å². The zero-order valence-corrected chi connectivity index (χ0v) is 12.1. The summed E-state index contributed by atoms with van der Waals surface area (Å²) >= 11 is 1.59. The van der Waals surface area contributed by atoms with Crippen LogP contribution in [0, 0.1) is 6.92 Å². The van der Waals surface area contributed by atoms with E-state index in [1.54, 1.807) is 31.1 Å². The summed E-state index contributed by atoms with van der Waals surface area (Å²) in [5.41, 5.74) is 6.33. The molecule has 6 heteroatoms. The highest BCUT2D eigenvalue weighted by Gasteiger charge is 2.43. The maximum Gasteiger partial charge on any atom is 0.326 e. The standard InChI is InChI=1S/C13H19N3O2S/c1-3-18-11(17)13(14)5-4-10(6-13)19-12-15-7-9(2)8-16-12/h7-8,10H,3-6,14H2,1-2H3. The number of carbonyl (C=O) groups excluding carboxylic acids is 1. The highest BCUT2D eigenvalue weighted by Crippen LogP contribution is 2.38. The second-order valence-corrected chi connectivity index (χ2v) is 6.17. The molecule has 0 spiro atoms. The molecule has 2 unspecified atom stereocenters. The summed E-state index contributed by atoms with van der Waals surface area (Å²) in [5, 5.41) is 1.01. The fourth-order valence-electron chi connectivity index (χ4n) is 2.18. The van der Waals surface area contributed by atoms with Crippen LogP contribution in [0.5, 0.6) is 0 Å². The van der Waals surface area contributed by atoms with Crippen LogP contribution in [0.25, 0.3) is 0 Å². The molecule has 1 heterocycles. The van der Waals surface area contributed by atoms with E-state index in [0.717, 1.165) is 17.1 Å². The number of rotatable bonds is 4. The van der Waals surface area contributed by atoms with Crippen molar-refractivity contribution in [2.75, 3.05) is 6.61 Å². The maximum absolute atomic E-state index is 11.8. The van der Waals surface area contributed by atoms with Gasteiger partial charge in [0, 0.05) is 17.6 Å². The third-order valence-corrected chi connectivity index (χ3v) is 4.37. The van der Waals surface area contributed by atoms with Crippen LogP contribution in [-0.4, -0.2) is 33.3 Å². The molecule has 0 aromatic carbocycles. The number of hydrogen-bond donors (Lipinski definition) is 1. The van der Waals surface area contributed by atoms with Crippen molar-refractivity contribution in [1.82, 2.24) is 9.97 Å². The van der Waals surface area contributed by atoms with E-state index in [2.05, 4.69) is 9.97 Å². The number of aryl methyl sites for hydroxylation is 1. The largest absolute Gasteiger partial charge is 0.465 e. The fraction of sp³-hybridized carbons (Fsp3) is 0.615. The predicted octanol–water partition coefficient (Wildman–Crippen LogP) is 1.69. The summed E-state index contributed by atoms with van der Waals surface area (Å²) < 4.78 is 5.04. The Hall–Kier alpha value is -1.14. The van der Waals surface area contributed by atoms with Crippen molar-refractivity contribution < 1.29 is 9.53 Å². The maximum atomic E-state index is 11.8. The van der Waals surface area contributed by atoms with E-state index >= 15 is 0 Å². The number of ether oxygens (including phenoxy) is 1. The summed E-state index contributed by atoms with van der Waals surface area (Å²) in [6, 6.07) is 0. The average molecular weight is 281 g/mol. The Balaban J connectivity index is 1.94. The van der Waals surface area contributed by atoms with Gasteiger partial charge in [-0.3, -0.25) is 4.79 Å². The van der Waals surface area contributed by atoms with Gasteiger partial charge in [-0.2, -0.15) is 0 Å². The van der Waals surface area contributed by atoms with Gasteiger partial charge in [-0.15, -0.1) is 0 Å². The Kier molecular flexibility index (Phi) is 4.42. The van der Waals surface area contributed by atoms with Crippen LogP contribution >= 0.6 is 11.8 Å². The third-order valence-electron chi connectivity index (χ3n) is 3.22. The summed E-state index contributed by atoms with van der Waals surface area (Å²) in [4.78, 5) is 20.4. The van der Waals surface area contributed by atoms with Crippen molar-refractivity contribution in [2.24, 2.45) is 5.73 Å². The van der Waals surface area contributed by atoms with Gasteiger partial charge in [0.2, 0.25) is 0 Å². The molecular formula is C13H19N3O2S. The molecule has 0 aliphatic heterocycles. The molecule has 0 amide bonds. The lowest BCUT2D eigenvalue weighted by atomic mass is 10.00. The molecule has 1 aliphatic carbocycles. The molecule has 5 nitrogen and oxygen atoms in total. The van der Waals surface area contributed by atoms with Crippen molar-refractivity contribution in [3.05, 3.63) is 18.0 Å². The zero-order chi connectivity index (χ0) is 13.9. The molecule has 2 N–H and O–H groups in total. The molecule has 1 aromatic rings. The normalized spacial score (nSPS) is 26.4. The number of esters is 1. The molecule has 1 fully saturated rings. The molecule has 2 atom stereocenters. The summed E-state index contributed by atoms with van der Waals surface area (Å²) in [6.07, 6.45) is 5.76. The van der Waals surface area contributed by atoms with Crippen LogP contribution < -0.4 is 5.73 Å². The van der Waals surface area contributed by atoms with Gasteiger partial charge in [0.25, 0.3) is 0 Å². The van der Waals surface area contributed by atoms with Crippen LogP contribution in [-0.2, 0) is 9.53 Å². The minimum Gasteiger partial charge on any atom is -0.465 e. The van der Waals surface area contributed by atoms with Gasteiger partial charge in [0.15, 0.2) is 5.16 Å². The highest BCUT2D eigenvalue weighted by molar-refractivity contribution is 7.99. The second kappa shape index (κ2) is 5.88. The average Bonchev–Trinajstić information content (AvgIpc) is 2.76. The quantitative estimate of drug-likeness (QED) is 0.668. The van der Waals surface area contributed by atoms with Gasteiger partial charge in [0.05, 0.1) is 6.61 Å². The summed E-state index contributed by atoms with van der Waals surface area (Å²) in [5.74, 6) is -0.289. The van der Waals surface area contributed by atoms with Crippen LogP contribution in [0.3, 0.4) is 0 Å². The van der Waals surface area contributed by atoms with Gasteiger partial charge in [-0.05, 0) is 38.7 Å². The lowest BCUT2D eigenvalue weighted by molar-refractivity contribution is -0.149. The van der Waals surface area contributed by atoms with E-state index in [4.69, 9.17) is 10.5 Å². The van der Waals surface area contributed by atoms with Crippen LogP contribution in [0.4, 0.5) is 0 Å². The first-order valence-corrected chi connectivity index (χ1v) is 7.33. The van der Waals surface area contributed by atoms with E-state index in [9.17, 15) is 4.79 Å². The number of nitrogens with two attached hydrogens (primary N) is 1. The molecule has 0 radical (unpaired) electrons. The minimum atomic E-state index is -0.835. The van der Waals surface area contributed by atoms with Crippen LogP contribution in [0.1, 0.15) is 31.7 Å². The van der Waals surface area contributed by atoms with Gasteiger partial charge < -0.3 is 10.5 Å². The third kappa shape index (κ3) is 3.45. The first kappa shape index (κ1) is 14.3. The summed E-state index contributed by atoms with van der Waals surface area (Å²) in [6.45, 7) is 4.12. The molecule has 0 bridgehead atoms. The Bertz CT molecular complexity index is 452. The number of carbonyl (C=O) groups is 1. The Morgan fingerprint density at radius 3 is 2.89 bits per heavy atom. The van der Waals surface area contributed by atoms with E-state index in [0.29, 0.717) is 19.4 Å². The molecular weight excluding hydrogens is 262 g/mol. The van der Waals surface area contributed by atoms with Crippen molar-refractivity contribution in [3.63, 3.8) is 0 Å². The molecule has 0 saturated heterocycles. The van der Waals surface area contributed by atoms with Crippen molar-refractivity contribution in [3.8, 4) is 0 Å². The van der Waals surface area contributed by atoms with E-state index in [1.165, 1.54) is 0 Å². The molecule has 1 saturated carbocycles. The smallest absolute Gasteiger partial charge is 0.326 e. The second-order valence-electron chi connectivity index (χ2n) is 4.90. The minimum absolute atomic E-state index is 0.275. The molecule has 104 valence electrons. The van der Waals surface area contributed by atoms with Crippen molar-refractivity contribution in [2.45, 2.75) is 49.1 Å². The van der Waals surface area contributed by atoms with Gasteiger partial charge >= 0.3 is 5.97 Å². The SMILES string of the molecule is CCOC(=O)C1(N)CCC(Sc2ncc(C)cn2)C1. The monoisotopic (exact) mass is 281 g/mol. The zero-order valence-electron chi connectivity index (χ0n) is 11.3. The van der Waals surface area contributed by atoms with Crippen molar-refractivity contribution >= 4 is 17.7 Å². The van der Waals surface area contributed by atoms with Crippen LogP contribution in [0.15, 0.2) is 17.6 Å².